The Kier molecular flexibility index (Phi) is 3.33. The van der Waals surface area contributed by atoms with Gasteiger partial charge in [0, 0.05) is 10.0 Å². The van der Waals surface area contributed by atoms with Gasteiger partial charge in [-0.3, -0.25) is 0 Å². The second-order valence-electron chi connectivity index (χ2n) is 3.09. The molecule has 0 radical (unpaired) electrons. The van der Waals surface area contributed by atoms with Gasteiger partial charge in [0.05, 0.1) is 15.5 Å². The zero-order chi connectivity index (χ0) is 11.7. The van der Waals surface area contributed by atoms with E-state index in [0.717, 1.165) is 9.35 Å². The largest absolute Gasteiger partial charge is 0.478 e. The van der Waals surface area contributed by atoms with Crippen LogP contribution in [0.1, 0.15) is 10.4 Å². The van der Waals surface area contributed by atoms with Crippen molar-refractivity contribution in [3.05, 3.63) is 44.7 Å². The summed E-state index contributed by atoms with van der Waals surface area (Å²) in [5.41, 5.74) is 0.898. The summed E-state index contributed by atoms with van der Waals surface area (Å²) in [5, 5.41) is 11.5. The Morgan fingerprint density at radius 1 is 1.38 bits per heavy atom. The lowest BCUT2D eigenvalue weighted by Gasteiger charge is -2.05. The quantitative estimate of drug-likeness (QED) is 0.883. The molecule has 2 nitrogen and oxygen atoms in total. The van der Waals surface area contributed by atoms with Gasteiger partial charge in [-0.1, -0.05) is 33.6 Å². The first-order valence-electron chi connectivity index (χ1n) is 4.36. The van der Waals surface area contributed by atoms with Crippen LogP contribution in [0.15, 0.2) is 34.1 Å². The molecule has 0 atom stereocenters. The van der Waals surface area contributed by atoms with Gasteiger partial charge in [-0.25, -0.2) is 4.79 Å². The number of aromatic carboxylic acids is 1. The second-order valence-corrected chi connectivity index (χ2v) is 5.33. The maximum atomic E-state index is 11.1. The molecule has 0 aliphatic heterocycles. The number of rotatable bonds is 2. The molecular weight excluding hydrogens is 312 g/mol. The first-order chi connectivity index (χ1) is 7.59. The Labute approximate surface area is 110 Å². The first kappa shape index (κ1) is 11.6. The normalized spacial score (nSPS) is 10.4. The van der Waals surface area contributed by atoms with Gasteiger partial charge in [-0.15, -0.1) is 11.3 Å². The van der Waals surface area contributed by atoms with E-state index in [1.54, 1.807) is 24.3 Å². The average Bonchev–Trinajstić information content (AvgIpc) is 2.64. The highest BCUT2D eigenvalue weighted by Gasteiger charge is 2.15. The number of carboxylic acids is 1. The molecule has 1 aromatic heterocycles. The van der Waals surface area contributed by atoms with E-state index in [-0.39, 0.29) is 5.56 Å². The van der Waals surface area contributed by atoms with E-state index in [9.17, 15) is 4.79 Å². The molecule has 0 saturated carbocycles. The lowest BCUT2D eigenvalue weighted by Crippen LogP contribution is -1.98. The van der Waals surface area contributed by atoms with Gasteiger partial charge in [-0.2, -0.15) is 0 Å². The van der Waals surface area contributed by atoms with Crippen molar-refractivity contribution in [2.75, 3.05) is 0 Å². The molecule has 2 rings (SSSR count). The highest BCUT2D eigenvalue weighted by atomic mass is 79.9. The molecular formula is C11H6BrClO2S. The number of carboxylic acid groups (broad SMARTS) is 1. The van der Waals surface area contributed by atoms with E-state index in [0.29, 0.717) is 10.6 Å². The Bertz CT molecular complexity index is 551. The standard InChI is InChI=1S/C11H6BrClO2S/c12-6-1-2-7(8(5-6)11(14)15)10-9(13)3-4-16-10/h1-5H,(H,14,15). The lowest BCUT2D eigenvalue weighted by molar-refractivity contribution is 0.0697. The molecule has 82 valence electrons. The van der Waals surface area contributed by atoms with Crippen molar-refractivity contribution >= 4 is 44.8 Å². The van der Waals surface area contributed by atoms with E-state index in [1.807, 2.05) is 5.38 Å². The summed E-state index contributed by atoms with van der Waals surface area (Å²) < 4.78 is 0.737. The molecule has 16 heavy (non-hydrogen) atoms. The monoisotopic (exact) mass is 316 g/mol. The van der Waals surface area contributed by atoms with Gasteiger partial charge in [0.15, 0.2) is 0 Å². The van der Waals surface area contributed by atoms with Gasteiger partial charge >= 0.3 is 5.97 Å². The molecule has 1 N–H and O–H groups in total. The Balaban J connectivity index is 2.65. The third-order valence-corrected chi connectivity index (χ3v) is 3.94. The van der Waals surface area contributed by atoms with Crippen molar-refractivity contribution < 1.29 is 9.90 Å². The van der Waals surface area contributed by atoms with Crippen LogP contribution in [-0.2, 0) is 0 Å². The number of hydrogen-bond acceptors (Lipinski definition) is 2. The third kappa shape index (κ3) is 2.14. The minimum absolute atomic E-state index is 0.249. The van der Waals surface area contributed by atoms with Crippen LogP contribution >= 0.6 is 38.9 Å². The van der Waals surface area contributed by atoms with E-state index in [4.69, 9.17) is 16.7 Å². The van der Waals surface area contributed by atoms with Crippen molar-refractivity contribution in [3.63, 3.8) is 0 Å². The van der Waals surface area contributed by atoms with Crippen LogP contribution < -0.4 is 0 Å². The molecule has 0 fully saturated rings. The molecule has 0 aliphatic carbocycles. The molecule has 5 heteroatoms. The van der Waals surface area contributed by atoms with E-state index < -0.39 is 5.97 Å². The van der Waals surface area contributed by atoms with Crippen LogP contribution in [0.3, 0.4) is 0 Å². The smallest absolute Gasteiger partial charge is 0.336 e. The fourth-order valence-corrected chi connectivity index (χ4v) is 2.94. The number of benzene rings is 1. The molecule has 0 aliphatic rings. The zero-order valence-electron chi connectivity index (χ0n) is 7.91. The Morgan fingerprint density at radius 3 is 2.69 bits per heavy atom. The highest BCUT2D eigenvalue weighted by Crippen LogP contribution is 2.36. The van der Waals surface area contributed by atoms with Gasteiger partial charge in [0.1, 0.15) is 0 Å². The fraction of sp³-hybridized carbons (Fsp3) is 0. The fourth-order valence-electron chi connectivity index (χ4n) is 1.38. The average molecular weight is 318 g/mol. The first-order valence-corrected chi connectivity index (χ1v) is 6.41. The van der Waals surface area contributed by atoms with E-state index in [1.165, 1.54) is 11.3 Å². The zero-order valence-corrected chi connectivity index (χ0v) is 11.1. The molecule has 0 bridgehead atoms. The van der Waals surface area contributed by atoms with Crippen LogP contribution in [0.5, 0.6) is 0 Å². The van der Waals surface area contributed by atoms with Crippen LogP contribution in [0.4, 0.5) is 0 Å². The molecule has 2 aromatic rings. The van der Waals surface area contributed by atoms with Crippen LogP contribution in [0, 0.1) is 0 Å². The van der Waals surface area contributed by atoms with Crippen molar-refractivity contribution in [3.8, 4) is 10.4 Å². The minimum atomic E-state index is -0.958. The molecule has 1 heterocycles. The van der Waals surface area contributed by atoms with Gasteiger partial charge in [-0.05, 0) is 23.6 Å². The number of halogens is 2. The number of hydrogen-bond donors (Lipinski definition) is 1. The molecule has 0 amide bonds. The maximum absolute atomic E-state index is 11.1. The van der Waals surface area contributed by atoms with Crippen molar-refractivity contribution in [1.29, 1.82) is 0 Å². The van der Waals surface area contributed by atoms with Crippen molar-refractivity contribution in [2.24, 2.45) is 0 Å². The van der Waals surface area contributed by atoms with Gasteiger partial charge in [0.25, 0.3) is 0 Å². The summed E-state index contributed by atoms with van der Waals surface area (Å²) in [5.74, 6) is -0.958. The van der Waals surface area contributed by atoms with E-state index in [2.05, 4.69) is 15.9 Å². The van der Waals surface area contributed by atoms with E-state index >= 15 is 0 Å². The summed E-state index contributed by atoms with van der Waals surface area (Å²) in [4.78, 5) is 11.9. The Hall–Kier alpha value is -0.840. The summed E-state index contributed by atoms with van der Waals surface area (Å²) in [6.07, 6.45) is 0. The summed E-state index contributed by atoms with van der Waals surface area (Å²) in [7, 11) is 0. The predicted octanol–water partition coefficient (Wildman–Crippen LogP) is 4.53. The summed E-state index contributed by atoms with van der Waals surface area (Å²) in [6, 6.07) is 6.89. The van der Waals surface area contributed by atoms with Gasteiger partial charge in [0.2, 0.25) is 0 Å². The highest BCUT2D eigenvalue weighted by molar-refractivity contribution is 9.10. The number of thiophene rings is 1. The number of carbonyl (C=O) groups is 1. The SMILES string of the molecule is O=C(O)c1cc(Br)ccc1-c1sccc1Cl. The molecule has 1 aromatic carbocycles. The molecule has 0 spiro atoms. The summed E-state index contributed by atoms with van der Waals surface area (Å²) >= 11 is 10.7. The predicted molar refractivity (Wildman–Crippen MR) is 69.4 cm³/mol. The minimum Gasteiger partial charge on any atom is -0.478 e. The van der Waals surface area contributed by atoms with Crippen LogP contribution in [0.25, 0.3) is 10.4 Å². The Morgan fingerprint density at radius 2 is 2.12 bits per heavy atom. The molecule has 0 saturated heterocycles. The third-order valence-electron chi connectivity index (χ3n) is 2.07. The topological polar surface area (TPSA) is 37.3 Å². The van der Waals surface area contributed by atoms with Gasteiger partial charge < -0.3 is 5.11 Å². The van der Waals surface area contributed by atoms with Crippen molar-refractivity contribution in [2.45, 2.75) is 0 Å². The van der Waals surface area contributed by atoms with Crippen LogP contribution in [-0.4, -0.2) is 11.1 Å². The maximum Gasteiger partial charge on any atom is 0.336 e. The van der Waals surface area contributed by atoms with Crippen molar-refractivity contribution in [1.82, 2.24) is 0 Å². The summed E-state index contributed by atoms with van der Waals surface area (Å²) in [6.45, 7) is 0. The second kappa shape index (κ2) is 4.57. The lowest BCUT2D eigenvalue weighted by atomic mass is 10.1. The van der Waals surface area contributed by atoms with Crippen LogP contribution in [0.2, 0.25) is 5.02 Å². The molecule has 0 unspecified atom stereocenters.